The molecule has 9 heteroatoms. The molecule has 0 amide bonds. The van der Waals surface area contributed by atoms with Crippen LogP contribution in [0.3, 0.4) is 0 Å². The Morgan fingerprint density at radius 2 is 1.88 bits per heavy atom. The molecule has 2 N–H and O–H groups in total. The van der Waals surface area contributed by atoms with Gasteiger partial charge in [-0.1, -0.05) is 31.2 Å². The number of hydrogen-bond acceptors (Lipinski definition) is 4. The lowest BCUT2D eigenvalue weighted by molar-refractivity contribution is -0.137. The summed E-state index contributed by atoms with van der Waals surface area (Å²) in [7, 11) is 0. The van der Waals surface area contributed by atoms with Gasteiger partial charge in [-0.25, -0.2) is 9.78 Å². The van der Waals surface area contributed by atoms with Crippen LogP contribution >= 0.6 is 0 Å². The first kappa shape index (κ1) is 23.0. The standard InChI is InChI=1S/C25H21F3N4O2/c1-3-16-7-4-8-17(12-16)21-14-22(32(31-21)23-15(2)6-5-11-29-23)30-20-10-9-18(25(26,27)28)13-19(20)24(33)34/h4-14,30H,3H2,1-2H3,(H,33,34). The number of anilines is 2. The molecule has 0 aliphatic heterocycles. The van der Waals surface area contributed by atoms with Gasteiger partial charge in [0.2, 0.25) is 0 Å². The summed E-state index contributed by atoms with van der Waals surface area (Å²) in [5.74, 6) is -0.614. The molecule has 4 aromatic rings. The van der Waals surface area contributed by atoms with Gasteiger partial charge in [0.05, 0.1) is 22.5 Å². The maximum absolute atomic E-state index is 13.1. The van der Waals surface area contributed by atoms with Crippen LogP contribution in [0.4, 0.5) is 24.7 Å². The Kier molecular flexibility index (Phi) is 6.10. The summed E-state index contributed by atoms with van der Waals surface area (Å²) in [4.78, 5) is 16.1. The first-order valence-electron chi connectivity index (χ1n) is 10.5. The van der Waals surface area contributed by atoms with Crippen LogP contribution in [0.2, 0.25) is 0 Å². The van der Waals surface area contributed by atoms with E-state index in [0.717, 1.165) is 35.2 Å². The van der Waals surface area contributed by atoms with Crippen molar-refractivity contribution in [3.63, 3.8) is 0 Å². The maximum atomic E-state index is 13.1. The minimum atomic E-state index is -4.66. The molecule has 2 aromatic carbocycles. The molecule has 2 aromatic heterocycles. The first-order valence-corrected chi connectivity index (χ1v) is 10.5. The third kappa shape index (κ3) is 4.63. The second-order valence-electron chi connectivity index (χ2n) is 7.71. The SMILES string of the molecule is CCc1cccc(-c2cc(Nc3ccc(C(F)(F)F)cc3C(=O)O)n(-c3ncccc3C)n2)c1. The number of pyridine rings is 1. The Hall–Kier alpha value is -4.14. The van der Waals surface area contributed by atoms with Crippen molar-refractivity contribution < 1.29 is 23.1 Å². The Morgan fingerprint density at radius 3 is 2.56 bits per heavy atom. The van der Waals surface area contributed by atoms with Gasteiger partial charge < -0.3 is 10.4 Å². The molecule has 0 bridgehead atoms. The highest BCUT2D eigenvalue weighted by atomic mass is 19.4. The number of benzene rings is 2. The summed E-state index contributed by atoms with van der Waals surface area (Å²) in [6, 6.07) is 15.7. The van der Waals surface area contributed by atoms with E-state index in [1.54, 1.807) is 18.3 Å². The van der Waals surface area contributed by atoms with Gasteiger partial charge in [0.15, 0.2) is 5.82 Å². The van der Waals surface area contributed by atoms with Crippen LogP contribution in [0.5, 0.6) is 0 Å². The van der Waals surface area contributed by atoms with E-state index < -0.39 is 23.3 Å². The molecule has 0 aliphatic carbocycles. The van der Waals surface area contributed by atoms with Crippen molar-refractivity contribution in [3.05, 3.63) is 89.1 Å². The Balaban J connectivity index is 1.85. The van der Waals surface area contributed by atoms with Crippen LogP contribution < -0.4 is 5.32 Å². The number of nitrogens with one attached hydrogen (secondary N) is 1. The summed E-state index contributed by atoms with van der Waals surface area (Å²) in [6.45, 7) is 3.89. The monoisotopic (exact) mass is 466 g/mol. The van der Waals surface area contributed by atoms with Gasteiger partial charge >= 0.3 is 12.1 Å². The van der Waals surface area contributed by atoms with E-state index in [1.807, 2.05) is 44.2 Å². The lowest BCUT2D eigenvalue weighted by Gasteiger charge is -2.14. The third-order valence-corrected chi connectivity index (χ3v) is 5.36. The number of nitrogens with zero attached hydrogens (tertiary/aromatic N) is 3. The minimum Gasteiger partial charge on any atom is -0.478 e. The average Bonchev–Trinajstić information content (AvgIpc) is 3.22. The molecule has 0 saturated heterocycles. The van der Waals surface area contributed by atoms with Crippen molar-refractivity contribution in [2.24, 2.45) is 0 Å². The summed E-state index contributed by atoms with van der Waals surface area (Å²) < 4.78 is 40.9. The van der Waals surface area contributed by atoms with Crippen LogP contribution in [0.1, 0.15) is 34.0 Å². The summed E-state index contributed by atoms with van der Waals surface area (Å²) in [5.41, 5.74) is 1.84. The molecule has 0 atom stereocenters. The molecule has 0 unspecified atom stereocenters. The lowest BCUT2D eigenvalue weighted by atomic mass is 10.1. The fraction of sp³-hybridized carbons (Fsp3) is 0.160. The third-order valence-electron chi connectivity index (χ3n) is 5.36. The topological polar surface area (TPSA) is 80.0 Å². The van der Waals surface area contributed by atoms with Gasteiger partial charge in [0.1, 0.15) is 5.82 Å². The quantitative estimate of drug-likeness (QED) is 0.350. The summed E-state index contributed by atoms with van der Waals surface area (Å²) >= 11 is 0. The number of aromatic nitrogens is 3. The van der Waals surface area contributed by atoms with Crippen molar-refractivity contribution in [3.8, 4) is 17.1 Å². The van der Waals surface area contributed by atoms with E-state index in [2.05, 4.69) is 15.4 Å². The van der Waals surface area contributed by atoms with Crippen molar-refractivity contribution in [1.82, 2.24) is 14.8 Å². The molecule has 0 aliphatic rings. The van der Waals surface area contributed by atoms with Crippen LogP contribution in [-0.4, -0.2) is 25.8 Å². The number of carboxylic acids is 1. The summed E-state index contributed by atoms with van der Waals surface area (Å²) in [6.07, 6.45) is -2.22. The number of alkyl halides is 3. The highest BCUT2D eigenvalue weighted by Crippen LogP contribution is 2.34. The highest BCUT2D eigenvalue weighted by Gasteiger charge is 2.32. The van der Waals surface area contributed by atoms with Crippen molar-refractivity contribution in [2.45, 2.75) is 26.4 Å². The van der Waals surface area contributed by atoms with E-state index in [0.29, 0.717) is 23.4 Å². The average molecular weight is 466 g/mol. The Labute approximate surface area is 193 Å². The van der Waals surface area contributed by atoms with Crippen molar-refractivity contribution >= 4 is 17.5 Å². The largest absolute Gasteiger partial charge is 0.478 e. The van der Waals surface area contributed by atoms with Crippen LogP contribution in [-0.2, 0) is 12.6 Å². The molecular formula is C25H21F3N4O2. The normalized spacial score (nSPS) is 11.4. The van der Waals surface area contributed by atoms with Gasteiger partial charge in [-0.2, -0.15) is 23.0 Å². The van der Waals surface area contributed by atoms with E-state index in [9.17, 15) is 23.1 Å². The molecule has 6 nitrogen and oxygen atoms in total. The first-order chi connectivity index (χ1) is 16.2. The number of rotatable bonds is 6. The molecular weight excluding hydrogens is 445 g/mol. The molecule has 34 heavy (non-hydrogen) atoms. The number of hydrogen-bond donors (Lipinski definition) is 2. The van der Waals surface area contributed by atoms with Gasteiger partial charge in [0, 0.05) is 17.8 Å². The maximum Gasteiger partial charge on any atom is 0.416 e. The number of carboxylic acid groups (broad SMARTS) is 1. The van der Waals surface area contributed by atoms with Crippen LogP contribution in [0.15, 0.2) is 66.9 Å². The number of halogens is 3. The van der Waals surface area contributed by atoms with E-state index in [-0.39, 0.29) is 5.69 Å². The fourth-order valence-electron chi connectivity index (χ4n) is 3.57. The number of aromatic carboxylic acids is 1. The number of aryl methyl sites for hydroxylation is 2. The zero-order valence-corrected chi connectivity index (χ0v) is 18.4. The van der Waals surface area contributed by atoms with Crippen molar-refractivity contribution in [1.29, 1.82) is 0 Å². The highest BCUT2D eigenvalue weighted by molar-refractivity contribution is 5.95. The second-order valence-corrected chi connectivity index (χ2v) is 7.71. The van der Waals surface area contributed by atoms with Crippen LogP contribution in [0, 0.1) is 6.92 Å². The zero-order valence-electron chi connectivity index (χ0n) is 18.4. The van der Waals surface area contributed by atoms with Gasteiger partial charge in [-0.3, -0.25) is 0 Å². The molecule has 0 saturated carbocycles. The minimum absolute atomic E-state index is 0.00379. The zero-order chi connectivity index (χ0) is 24.5. The van der Waals surface area contributed by atoms with Gasteiger partial charge in [-0.15, -0.1) is 0 Å². The van der Waals surface area contributed by atoms with E-state index in [4.69, 9.17) is 0 Å². The Morgan fingerprint density at radius 1 is 1.09 bits per heavy atom. The number of carbonyl (C=O) groups is 1. The second kappa shape index (κ2) is 9.01. The Bertz CT molecular complexity index is 1360. The van der Waals surface area contributed by atoms with Gasteiger partial charge in [0.25, 0.3) is 0 Å². The molecule has 0 fully saturated rings. The molecule has 4 rings (SSSR count). The van der Waals surface area contributed by atoms with E-state index >= 15 is 0 Å². The van der Waals surface area contributed by atoms with Crippen LogP contribution in [0.25, 0.3) is 17.1 Å². The van der Waals surface area contributed by atoms with Crippen molar-refractivity contribution in [2.75, 3.05) is 5.32 Å². The fourth-order valence-corrected chi connectivity index (χ4v) is 3.57. The molecule has 0 radical (unpaired) electrons. The smallest absolute Gasteiger partial charge is 0.416 e. The summed E-state index contributed by atoms with van der Waals surface area (Å²) in [5, 5.41) is 17.2. The molecule has 174 valence electrons. The lowest BCUT2D eigenvalue weighted by Crippen LogP contribution is -2.11. The predicted octanol–water partition coefficient (Wildman–Crippen LogP) is 6.27. The van der Waals surface area contributed by atoms with Gasteiger partial charge in [-0.05, 0) is 54.8 Å². The molecule has 2 heterocycles. The van der Waals surface area contributed by atoms with E-state index in [1.165, 1.54) is 4.68 Å². The predicted molar refractivity (Wildman–Crippen MR) is 123 cm³/mol. The molecule has 0 spiro atoms.